The van der Waals surface area contributed by atoms with Crippen LogP contribution in [0.2, 0.25) is 0 Å². The molecule has 3 aromatic carbocycles. The number of aromatic nitrogens is 3. The average Bonchev–Trinajstić information content (AvgIpc) is 3.86. The van der Waals surface area contributed by atoms with Gasteiger partial charge in [0.1, 0.15) is 53.7 Å². The summed E-state index contributed by atoms with van der Waals surface area (Å²) in [5.41, 5.74) is -0.142. The van der Waals surface area contributed by atoms with E-state index in [9.17, 15) is 19.1 Å². The third-order valence-electron chi connectivity index (χ3n) is 12.3. The predicted molar refractivity (Wildman–Crippen MR) is 216 cm³/mol. The van der Waals surface area contributed by atoms with Gasteiger partial charge in [0, 0.05) is 49.6 Å². The van der Waals surface area contributed by atoms with Gasteiger partial charge in [-0.1, -0.05) is 31.0 Å². The molecule has 0 radical (unpaired) electrons. The Morgan fingerprint density at radius 2 is 1.83 bits per heavy atom. The third kappa shape index (κ3) is 7.16. The number of benzene rings is 3. The minimum absolute atomic E-state index is 0.0260. The van der Waals surface area contributed by atoms with E-state index in [4.69, 9.17) is 25.6 Å². The molecule has 4 aliphatic heterocycles. The molecule has 0 spiro atoms. The van der Waals surface area contributed by atoms with Gasteiger partial charge in [-0.3, -0.25) is 19.6 Å². The van der Waals surface area contributed by atoms with Crippen LogP contribution in [0.3, 0.4) is 0 Å². The van der Waals surface area contributed by atoms with E-state index in [1.165, 1.54) is 30.5 Å². The normalized spacial score (nSPS) is 22.3. The molecule has 9 rings (SSSR count). The second-order valence-corrected chi connectivity index (χ2v) is 16.2. The Morgan fingerprint density at radius 1 is 1.05 bits per heavy atom. The van der Waals surface area contributed by atoms with Gasteiger partial charge >= 0.3 is 18.1 Å². The Kier molecular flexibility index (Phi) is 10.4. The van der Waals surface area contributed by atoms with Crippen LogP contribution in [0.5, 0.6) is 17.5 Å². The van der Waals surface area contributed by atoms with Crippen molar-refractivity contribution in [2.75, 3.05) is 37.7 Å². The largest absolute Gasteiger partial charge is 0.508 e. The summed E-state index contributed by atoms with van der Waals surface area (Å²) in [6.45, 7) is 3.82. The van der Waals surface area contributed by atoms with Gasteiger partial charge in [0.05, 0.1) is 28.6 Å². The zero-order valence-corrected chi connectivity index (χ0v) is 33.0. The second kappa shape index (κ2) is 15.8. The first-order chi connectivity index (χ1) is 29.0. The monoisotopic (exact) mass is 820 g/mol. The Balaban J connectivity index is 1.02. The number of amides is 1. The van der Waals surface area contributed by atoms with Crippen LogP contribution in [0.4, 0.5) is 23.8 Å². The molecule has 1 amide bonds. The van der Waals surface area contributed by atoms with Crippen molar-refractivity contribution in [1.82, 2.24) is 24.8 Å². The fourth-order valence-electron chi connectivity index (χ4n) is 9.55. The van der Waals surface area contributed by atoms with Gasteiger partial charge in [0.2, 0.25) is 0 Å². The zero-order chi connectivity index (χ0) is 41.7. The number of alkyl halides is 1. The molecule has 4 atom stereocenters. The van der Waals surface area contributed by atoms with Crippen LogP contribution < -0.4 is 14.4 Å². The quantitative estimate of drug-likeness (QED) is 0.0857. The van der Waals surface area contributed by atoms with Crippen LogP contribution in [0.1, 0.15) is 63.0 Å². The minimum Gasteiger partial charge on any atom is -0.508 e. The number of anilines is 1. The fraction of sp³-hybridized carbons (Fsp3) is 0.400. The first-order valence-electron chi connectivity index (χ1n) is 20.3. The Labute approximate surface area is 344 Å². The van der Waals surface area contributed by atoms with Crippen molar-refractivity contribution in [2.45, 2.75) is 82.3 Å². The van der Waals surface area contributed by atoms with Gasteiger partial charge in [0.15, 0.2) is 5.82 Å². The molecule has 60 heavy (non-hydrogen) atoms. The Bertz CT molecular complexity index is 2540. The number of hydrogen-bond acceptors (Lipinski definition) is 11. The summed E-state index contributed by atoms with van der Waals surface area (Å²) in [5.74, 6) is 1.09. The van der Waals surface area contributed by atoms with Crippen molar-refractivity contribution < 1.29 is 42.1 Å². The summed E-state index contributed by atoms with van der Waals surface area (Å²) < 4.78 is 64.2. The molecule has 2 unspecified atom stereocenters. The number of phenolic OH excluding ortho intramolecular Hbond substituents is 1. The lowest BCUT2D eigenvalue weighted by atomic mass is 9.95. The molecule has 4 saturated heterocycles. The number of rotatable bonds is 10. The zero-order valence-electron chi connectivity index (χ0n) is 33.0. The number of pyridine rings is 1. The number of terminal acetylenes is 1. The highest BCUT2D eigenvalue weighted by molar-refractivity contribution is 6.03. The number of esters is 1. The molecule has 4 fully saturated rings. The van der Waals surface area contributed by atoms with Crippen molar-refractivity contribution in [2.24, 2.45) is 0 Å². The SMILES string of the molecule is C#Cc1c(F)ccc2cc(O)cc(-c3ncc4c(N5CC6CCC(C5)N6C(=O)OCc5ccc(OC(=O)CCC)cc5)nc(OC[C@@]56CCCN5C[C@H](F)C6)nc4c3F)c12. The van der Waals surface area contributed by atoms with Crippen molar-refractivity contribution in [3.8, 4) is 41.1 Å². The number of carbonyl (C=O) groups excluding carboxylic acids is 2. The maximum atomic E-state index is 17.1. The van der Waals surface area contributed by atoms with Crippen molar-refractivity contribution in [3.63, 3.8) is 0 Å². The summed E-state index contributed by atoms with van der Waals surface area (Å²) in [6, 6.07) is 11.6. The van der Waals surface area contributed by atoms with Crippen molar-refractivity contribution >= 4 is 39.6 Å². The van der Waals surface area contributed by atoms with Crippen LogP contribution in [-0.2, 0) is 16.1 Å². The molecule has 4 aliphatic rings. The number of ether oxygens (including phenoxy) is 3. The number of carbonyl (C=O) groups is 2. The van der Waals surface area contributed by atoms with Crippen molar-refractivity contribution in [3.05, 3.63) is 77.5 Å². The minimum atomic E-state index is -0.983. The molecule has 2 bridgehead atoms. The number of phenols is 1. The molecule has 5 aromatic rings. The molecule has 0 aliphatic carbocycles. The highest BCUT2D eigenvalue weighted by Gasteiger charge is 2.50. The van der Waals surface area contributed by atoms with Gasteiger partial charge in [-0.05, 0) is 79.9 Å². The molecular weight excluding hydrogens is 778 g/mol. The Hall–Kier alpha value is -6.14. The van der Waals surface area contributed by atoms with E-state index in [-0.39, 0.29) is 76.1 Å². The van der Waals surface area contributed by atoms with Gasteiger partial charge in [0.25, 0.3) is 0 Å². The second-order valence-electron chi connectivity index (χ2n) is 16.2. The maximum Gasteiger partial charge on any atom is 0.410 e. The highest BCUT2D eigenvalue weighted by atomic mass is 19.1. The standard InChI is InChI=1S/C45H43F3N6O6/c1-3-6-37(56)60-32-12-7-26(8-13-32)24-58-44(57)54-29-10-11-30(54)23-52(22-29)42-35-20-49-40(34-18-31(55)17-27-9-14-36(47)33(4-2)38(27)34)39(48)41(35)50-43(51-42)59-25-45-15-5-16-53(45)21-28(46)19-45/h2,7-9,12-14,17-18,20,28-30,55H,3,5-6,10-11,15-16,19,21-25H2,1H3/t28-,29?,30?,45+/m1/s1. The molecular formula is C45H43F3N6O6. The number of fused-ring (bicyclic) bond motifs is 5. The molecule has 310 valence electrons. The fourth-order valence-corrected chi connectivity index (χ4v) is 9.55. The molecule has 0 saturated carbocycles. The molecule has 1 N–H and O–H groups in total. The van der Waals surface area contributed by atoms with Gasteiger partial charge < -0.3 is 24.2 Å². The molecule has 12 nitrogen and oxygen atoms in total. The van der Waals surface area contributed by atoms with E-state index in [1.54, 1.807) is 29.2 Å². The van der Waals surface area contributed by atoms with E-state index >= 15 is 8.78 Å². The van der Waals surface area contributed by atoms with Crippen LogP contribution in [0.25, 0.3) is 32.9 Å². The lowest BCUT2D eigenvalue weighted by molar-refractivity contribution is -0.134. The van der Waals surface area contributed by atoms with E-state index in [0.717, 1.165) is 24.9 Å². The number of aromatic hydroxyl groups is 1. The summed E-state index contributed by atoms with van der Waals surface area (Å²) in [5, 5.41) is 11.5. The highest BCUT2D eigenvalue weighted by Crippen LogP contribution is 2.43. The Morgan fingerprint density at radius 3 is 2.58 bits per heavy atom. The average molecular weight is 821 g/mol. The number of halogens is 3. The van der Waals surface area contributed by atoms with Crippen molar-refractivity contribution in [1.29, 1.82) is 0 Å². The van der Waals surface area contributed by atoms with Crippen LogP contribution in [0.15, 0.2) is 54.7 Å². The molecule has 15 heteroatoms. The predicted octanol–water partition coefficient (Wildman–Crippen LogP) is 7.46. The number of piperazine rings is 1. The van der Waals surface area contributed by atoms with E-state index < -0.39 is 29.4 Å². The topological polar surface area (TPSA) is 130 Å². The van der Waals surface area contributed by atoms with Crippen LogP contribution >= 0.6 is 0 Å². The first kappa shape index (κ1) is 39.3. The van der Waals surface area contributed by atoms with Gasteiger partial charge in [-0.25, -0.2) is 18.0 Å². The van der Waals surface area contributed by atoms with Crippen LogP contribution in [-0.4, -0.2) is 98.5 Å². The summed E-state index contributed by atoms with van der Waals surface area (Å²) in [7, 11) is 0. The third-order valence-corrected chi connectivity index (χ3v) is 12.3. The maximum absolute atomic E-state index is 17.1. The summed E-state index contributed by atoms with van der Waals surface area (Å²) in [6.07, 6.45) is 10.1. The molecule has 2 aromatic heterocycles. The lowest BCUT2D eigenvalue weighted by Crippen LogP contribution is -2.56. The lowest BCUT2D eigenvalue weighted by Gasteiger charge is -2.41. The van der Waals surface area contributed by atoms with E-state index in [0.29, 0.717) is 68.7 Å². The summed E-state index contributed by atoms with van der Waals surface area (Å²) >= 11 is 0. The van der Waals surface area contributed by atoms with Gasteiger partial charge in [-0.2, -0.15) is 9.97 Å². The molecule has 6 heterocycles. The van der Waals surface area contributed by atoms with Crippen LogP contribution in [0, 0.1) is 24.0 Å². The first-order valence-corrected chi connectivity index (χ1v) is 20.3. The summed E-state index contributed by atoms with van der Waals surface area (Å²) in [4.78, 5) is 45.2. The van der Waals surface area contributed by atoms with E-state index in [2.05, 4.69) is 20.8 Å². The smallest absolute Gasteiger partial charge is 0.410 e. The van der Waals surface area contributed by atoms with Gasteiger partial charge in [-0.15, -0.1) is 6.42 Å². The number of nitrogens with zero attached hydrogens (tertiary/aromatic N) is 6. The van der Waals surface area contributed by atoms with E-state index in [1.807, 2.05) is 11.8 Å². The number of hydrogen-bond donors (Lipinski definition) is 1.